The molecular weight excluding hydrogens is 371 g/mol. The third-order valence-electron chi connectivity index (χ3n) is 2.85. The summed E-state index contributed by atoms with van der Waals surface area (Å²) in [6.45, 7) is -0.0822. The Morgan fingerprint density at radius 1 is 1.25 bits per heavy atom. The molecule has 0 saturated heterocycles. The molecular formula is C13H9IN4O2. The second-order valence-electron chi connectivity index (χ2n) is 4.17. The highest BCUT2D eigenvalue weighted by Gasteiger charge is 2.12. The van der Waals surface area contributed by atoms with Crippen molar-refractivity contribution in [1.29, 1.82) is 0 Å². The summed E-state index contributed by atoms with van der Waals surface area (Å²) in [7, 11) is 0. The minimum Gasteiger partial charge on any atom is -0.292 e. The van der Waals surface area contributed by atoms with Gasteiger partial charge < -0.3 is 0 Å². The molecule has 3 aromatic rings. The van der Waals surface area contributed by atoms with Crippen LogP contribution in [-0.4, -0.2) is 24.9 Å². The van der Waals surface area contributed by atoms with Gasteiger partial charge in [0.15, 0.2) is 11.4 Å². The van der Waals surface area contributed by atoms with Crippen LogP contribution in [0.25, 0.3) is 5.65 Å². The number of hydrogen-bond donors (Lipinski definition) is 0. The van der Waals surface area contributed by atoms with E-state index in [0.29, 0.717) is 11.2 Å². The van der Waals surface area contributed by atoms with E-state index in [9.17, 15) is 9.59 Å². The van der Waals surface area contributed by atoms with E-state index in [1.807, 2.05) is 12.1 Å². The van der Waals surface area contributed by atoms with Crippen molar-refractivity contribution >= 4 is 34.0 Å². The van der Waals surface area contributed by atoms with Crippen molar-refractivity contribution in [2.45, 2.75) is 6.54 Å². The number of Topliss-reactive ketones (excluding diaryl/α,β-unsaturated/α-hetero) is 1. The van der Waals surface area contributed by atoms with Crippen LogP contribution in [-0.2, 0) is 6.54 Å². The molecule has 0 saturated carbocycles. The van der Waals surface area contributed by atoms with Crippen LogP contribution in [0.2, 0.25) is 0 Å². The summed E-state index contributed by atoms with van der Waals surface area (Å²) in [5, 5.41) is 4.08. The van der Waals surface area contributed by atoms with Gasteiger partial charge in [-0.15, -0.1) is 5.10 Å². The van der Waals surface area contributed by atoms with E-state index in [1.165, 1.54) is 23.0 Å². The van der Waals surface area contributed by atoms with Crippen molar-refractivity contribution in [2.75, 3.05) is 0 Å². The Kier molecular flexibility index (Phi) is 3.35. The minimum atomic E-state index is -0.346. The Balaban J connectivity index is 1.93. The number of ketones is 1. The second kappa shape index (κ2) is 5.16. The zero-order chi connectivity index (χ0) is 14.1. The number of carbonyl (C=O) groups is 1. The van der Waals surface area contributed by atoms with E-state index in [-0.39, 0.29) is 18.0 Å². The van der Waals surface area contributed by atoms with Crippen LogP contribution in [0.15, 0.2) is 47.7 Å². The lowest BCUT2D eigenvalue weighted by Crippen LogP contribution is -2.25. The van der Waals surface area contributed by atoms with E-state index < -0.39 is 0 Å². The summed E-state index contributed by atoms with van der Waals surface area (Å²) in [6.07, 6.45) is 4.51. The van der Waals surface area contributed by atoms with Gasteiger partial charge in [0.1, 0.15) is 6.54 Å². The Morgan fingerprint density at radius 3 is 2.70 bits per heavy atom. The van der Waals surface area contributed by atoms with Gasteiger partial charge in [-0.1, -0.05) is 12.1 Å². The summed E-state index contributed by atoms with van der Waals surface area (Å²) in [5.41, 5.74) is 0.640. The van der Waals surface area contributed by atoms with Crippen LogP contribution >= 0.6 is 22.6 Å². The lowest BCUT2D eigenvalue weighted by molar-refractivity contribution is 0.0966. The molecule has 3 rings (SSSR count). The fraction of sp³-hybridized carbons (Fsp3) is 0.0769. The van der Waals surface area contributed by atoms with Gasteiger partial charge in [0.2, 0.25) is 0 Å². The topological polar surface area (TPSA) is 69.3 Å². The molecule has 6 nitrogen and oxygen atoms in total. The second-order valence-corrected chi connectivity index (χ2v) is 5.42. The number of carbonyl (C=O) groups excluding carboxylic acids is 1. The maximum atomic E-state index is 12.1. The largest absolute Gasteiger partial charge is 0.350 e. The average molecular weight is 380 g/mol. The molecule has 2 heterocycles. The monoisotopic (exact) mass is 380 g/mol. The molecule has 7 heteroatoms. The van der Waals surface area contributed by atoms with Gasteiger partial charge in [0, 0.05) is 21.5 Å². The van der Waals surface area contributed by atoms with Crippen LogP contribution in [0.3, 0.4) is 0 Å². The molecule has 0 fully saturated rings. The van der Waals surface area contributed by atoms with E-state index in [1.54, 1.807) is 12.1 Å². The first kappa shape index (κ1) is 13.0. The number of nitrogens with zero attached hydrogens (tertiary/aromatic N) is 4. The maximum absolute atomic E-state index is 12.1. The van der Waals surface area contributed by atoms with Crippen LogP contribution in [0.5, 0.6) is 0 Å². The molecule has 0 aliphatic carbocycles. The lowest BCUT2D eigenvalue weighted by atomic mass is 10.1. The number of benzene rings is 1. The number of hydrogen-bond acceptors (Lipinski definition) is 4. The van der Waals surface area contributed by atoms with Crippen LogP contribution in [0.1, 0.15) is 10.4 Å². The summed E-state index contributed by atoms with van der Waals surface area (Å²) in [5.74, 6) is -0.153. The third-order valence-corrected chi connectivity index (χ3v) is 3.57. The summed E-state index contributed by atoms with van der Waals surface area (Å²) in [6, 6.07) is 7.19. The normalized spacial score (nSPS) is 10.8. The van der Waals surface area contributed by atoms with Crippen molar-refractivity contribution in [3.8, 4) is 0 Å². The fourth-order valence-corrected chi connectivity index (χ4v) is 2.21. The van der Waals surface area contributed by atoms with Gasteiger partial charge in [0.25, 0.3) is 0 Å². The first-order valence-electron chi connectivity index (χ1n) is 5.83. The standard InChI is InChI=1S/C13H9IN4O2/c14-10-3-1-9(2-4-10)11(19)8-18-13(20)17-6-5-15-7-12(17)16-18/h1-7H,8H2. The van der Waals surface area contributed by atoms with E-state index in [4.69, 9.17) is 0 Å². The van der Waals surface area contributed by atoms with Gasteiger partial charge in [-0.05, 0) is 34.7 Å². The highest BCUT2D eigenvalue weighted by atomic mass is 127. The van der Waals surface area contributed by atoms with Gasteiger partial charge in [-0.2, -0.15) is 0 Å². The molecule has 0 aliphatic heterocycles. The van der Waals surface area contributed by atoms with Crippen LogP contribution in [0.4, 0.5) is 0 Å². The minimum absolute atomic E-state index is 0.0822. The Bertz CT molecular complexity index is 835. The zero-order valence-corrected chi connectivity index (χ0v) is 12.4. The molecule has 2 aromatic heterocycles. The molecule has 100 valence electrons. The predicted octanol–water partition coefficient (Wildman–Crippen LogP) is 1.38. The highest BCUT2D eigenvalue weighted by Crippen LogP contribution is 2.08. The van der Waals surface area contributed by atoms with E-state index in [0.717, 1.165) is 8.25 Å². The smallest absolute Gasteiger partial charge is 0.292 e. The molecule has 0 aliphatic rings. The van der Waals surface area contributed by atoms with Crippen LogP contribution in [0, 0.1) is 3.57 Å². The van der Waals surface area contributed by atoms with Crippen molar-refractivity contribution < 1.29 is 4.79 Å². The third kappa shape index (κ3) is 2.36. The predicted molar refractivity (Wildman–Crippen MR) is 80.7 cm³/mol. The zero-order valence-electron chi connectivity index (χ0n) is 10.2. The molecule has 0 N–H and O–H groups in total. The van der Waals surface area contributed by atoms with E-state index in [2.05, 4.69) is 32.7 Å². The summed E-state index contributed by atoms with van der Waals surface area (Å²) in [4.78, 5) is 28.1. The molecule has 0 spiro atoms. The fourth-order valence-electron chi connectivity index (χ4n) is 1.85. The molecule has 0 unspecified atom stereocenters. The Labute approximate surface area is 127 Å². The number of halogens is 1. The van der Waals surface area contributed by atoms with Crippen LogP contribution < -0.4 is 5.69 Å². The lowest BCUT2D eigenvalue weighted by Gasteiger charge is -2.00. The molecule has 20 heavy (non-hydrogen) atoms. The number of aromatic nitrogens is 4. The molecule has 1 aromatic carbocycles. The van der Waals surface area contributed by atoms with Crippen molar-refractivity contribution in [3.63, 3.8) is 0 Å². The van der Waals surface area contributed by atoms with E-state index >= 15 is 0 Å². The Morgan fingerprint density at radius 2 is 2.00 bits per heavy atom. The molecule has 0 atom stereocenters. The molecule has 0 bridgehead atoms. The quantitative estimate of drug-likeness (QED) is 0.509. The van der Waals surface area contributed by atoms with Gasteiger partial charge in [0.05, 0.1) is 6.20 Å². The highest BCUT2D eigenvalue weighted by molar-refractivity contribution is 14.1. The maximum Gasteiger partial charge on any atom is 0.350 e. The average Bonchev–Trinajstić information content (AvgIpc) is 2.77. The van der Waals surface area contributed by atoms with Gasteiger partial charge in [-0.3, -0.25) is 9.78 Å². The van der Waals surface area contributed by atoms with Crippen molar-refractivity contribution in [1.82, 2.24) is 19.2 Å². The van der Waals surface area contributed by atoms with Gasteiger partial charge in [-0.25, -0.2) is 13.9 Å². The Hall–Kier alpha value is -2.03. The molecule has 0 radical (unpaired) electrons. The number of fused-ring (bicyclic) bond motifs is 1. The van der Waals surface area contributed by atoms with Crippen molar-refractivity contribution in [2.24, 2.45) is 0 Å². The number of rotatable bonds is 3. The first-order chi connectivity index (χ1) is 9.65. The molecule has 0 amide bonds. The van der Waals surface area contributed by atoms with Gasteiger partial charge >= 0.3 is 5.69 Å². The van der Waals surface area contributed by atoms with Crippen molar-refractivity contribution in [3.05, 3.63) is 62.5 Å². The summed E-state index contributed by atoms with van der Waals surface area (Å²) < 4.78 is 3.56. The SMILES string of the molecule is O=C(Cn1nc2cnccn2c1=O)c1ccc(I)cc1. The first-order valence-corrected chi connectivity index (χ1v) is 6.91. The summed E-state index contributed by atoms with van der Waals surface area (Å²) >= 11 is 2.17.